The zero-order valence-electron chi connectivity index (χ0n) is 13.4. The maximum atomic E-state index is 12.6. The van der Waals surface area contributed by atoms with E-state index in [2.05, 4.69) is 9.84 Å². The van der Waals surface area contributed by atoms with Crippen LogP contribution in [0.2, 0.25) is 0 Å². The number of nitrogens with zero attached hydrogens (tertiary/aromatic N) is 4. The summed E-state index contributed by atoms with van der Waals surface area (Å²) in [4.78, 5) is 24.1. The average Bonchev–Trinajstić information content (AvgIpc) is 3.22. The smallest absolute Gasteiger partial charge is 0.351 e. The Kier molecular flexibility index (Phi) is 4.18. The molecule has 0 saturated carbocycles. The van der Waals surface area contributed by atoms with Crippen LogP contribution in [0.25, 0.3) is 5.65 Å². The molecule has 1 aliphatic rings. The van der Waals surface area contributed by atoms with E-state index in [4.69, 9.17) is 0 Å². The summed E-state index contributed by atoms with van der Waals surface area (Å²) in [5.41, 5.74) is -0.336. The Morgan fingerprint density at radius 2 is 1.96 bits per heavy atom. The van der Waals surface area contributed by atoms with Gasteiger partial charge in [0, 0.05) is 19.3 Å². The Morgan fingerprint density at radius 1 is 1.29 bits per heavy atom. The normalized spacial score (nSPS) is 17.2. The summed E-state index contributed by atoms with van der Waals surface area (Å²) < 4.78 is 33.3. The van der Waals surface area contributed by atoms with Gasteiger partial charge in [-0.25, -0.2) is 22.4 Å². The van der Waals surface area contributed by atoms with Crippen LogP contribution >= 0.6 is 0 Å². The predicted molar refractivity (Wildman–Crippen MR) is 84.2 cm³/mol. The minimum atomic E-state index is -3.63. The molecule has 0 unspecified atom stereocenters. The third kappa shape index (κ3) is 2.61. The zero-order chi connectivity index (χ0) is 17.5. The fourth-order valence-corrected chi connectivity index (χ4v) is 4.24. The van der Waals surface area contributed by atoms with Gasteiger partial charge in [0.05, 0.1) is 12.0 Å². The van der Waals surface area contributed by atoms with Crippen LogP contribution < -0.4 is 5.69 Å². The number of pyridine rings is 1. The van der Waals surface area contributed by atoms with Crippen LogP contribution in [0.1, 0.15) is 25.8 Å². The van der Waals surface area contributed by atoms with E-state index >= 15 is 0 Å². The summed E-state index contributed by atoms with van der Waals surface area (Å²) in [6, 6.07) is 1.97. The monoisotopic (exact) mass is 354 g/mol. The van der Waals surface area contributed by atoms with Crippen LogP contribution in [-0.4, -0.2) is 53.1 Å². The van der Waals surface area contributed by atoms with Crippen LogP contribution in [-0.2, 0) is 19.6 Å². The van der Waals surface area contributed by atoms with Crippen molar-refractivity contribution in [3.8, 4) is 0 Å². The summed E-state index contributed by atoms with van der Waals surface area (Å²) in [5, 5.41) is 4.06. The fraction of sp³-hybridized carbons (Fsp3) is 0.500. The number of hydrogen-bond donors (Lipinski definition) is 0. The largest absolute Gasteiger partial charge is 0.467 e. The second kappa shape index (κ2) is 6.02. The molecule has 3 rings (SSSR count). The topological polar surface area (TPSA) is 103 Å². The average molecular weight is 354 g/mol. The highest BCUT2D eigenvalue weighted by Gasteiger charge is 2.28. The molecule has 1 fully saturated rings. The van der Waals surface area contributed by atoms with E-state index in [1.807, 2.05) is 0 Å². The summed E-state index contributed by atoms with van der Waals surface area (Å²) in [6.07, 6.45) is 2.91. The van der Waals surface area contributed by atoms with Gasteiger partial charge in [-0.3, -0.25) is 0 Å². The summed E-state index contributed by atoms with van der Waals surface area (Å²) >= 11 is 0. The second-order valence-corrected chi connectivity index (χ2v) is 7.57. The molecule has 10 heteroatoms. The number of fused-ring (bicyclic) bond motifs is 1. The van der Waals surface area contributed by atoms with Crippen LogP contribution in [0.3, 0.4) is 0 Å². The maximum absolute atomic E-state index is 12.6. The molecule has 1 atom stereocenters. The van der Waals surface area contributed by atoms with Crippen molar-refractivity contribution >= 4 is 21.6 Å². The molecule has 0 aliphatic carbocycles. The molecule has 9 nitrogen and oxygen atoms in total. The van der Waals surface area contributed by atoms with Gasteiger partial charge in [0.15, 0.2) is 11.7 Å². The van der Waals surface area contributed by atoms with Crippen LogP contribution in [0.15, 0.2) is 28.0 Å². The van der Waals surface area contributed by atoms with Crippen molar-refractivity contribution in [3.63, 3.8) is 0 Å². The van der Waals surface area contributed by atoms with E-state index < -0.39 is 27.7 Å². The molecule has 0 radical (unpaired) electrons. The summed E-state index contributed by atoms with van der Waals surface area (Å²) in [7, 11) is -2.41. The molecule has 1 saturated heterocycles. The SMILES string of the molecule is COC(=O)[C@H](C)n1nc2ccc(S(=O)(=O)N3CCCC3)cn2c1=O. The van der Waals surface area contributed by atoms with Gasteiger partial charge < -0.3 is 4.74 Å². The Morgan fingerprint density at radius 3 is 2.58 bits per heavy atom. The maximum Gasteiger partial charge on any atom is 0.351 e. The Bertz CT molecular complexity index is 940. The Labute approximate surface area is 138 Å². The van der Waals surface area contributed by atoms with Crippen molar-refractivity contribution in [2.75, 3.05) is 20.2 Å². The van der Waals surface area contributed by atoms with Crippen molar-refractivity contribution in [2.45, 2.75) is 30.7 Å². The molecule has 130 valence electrons. The van der Waals surface area contributed by atoms with Gasteiger partial charge >= 0.3 is 11.7 Å². The highest BCUT2D eigenvalue weighted by Crippen LogP contribution is 2.20. The van der Waals surface area contributed by atoms with Crippen molar-refractivity contribution < 1.29 is 17.9 Å². The fourth-order valence-electron chi connectivity index (χ4n) is 2.72. The molecule has 1 aliphatic heterocycles. The van der Waals surface area contributed by atoms with E-state index in [0.29, 0.717) is 13.1 Å². The number of rotatable bonds is 4. The number of sulfonamides is 1. The van der Waals surface area contributed by atoms with E-state index in [-0.39, 0.29) is 10.5 Å². The molecule has 0 aromatic carbocycles. The second-order valence-electron chi connectivity index (χ2n) is 5.63. The highest BCUT2D eigenvalue weighted by molar-refractivity contribution is 7.89. The first-order chi connectivity index (χ1) is 11.4. The highest BCUT2D eigenvalue weighted by atomic mass is 32.2. The number of carbonyl (C=O) groups is 1. The van der Waals surface area contributed by atoms with Gasteiger partial charge in [0.1, 0.15) is 0 Å². The van der Waals surface area contributed by atoms with E-state index in [1.165, 1.54) is 36.7 Å². The standard InChI is InChI=1S/C14H18N4O5S/c1-10(13(19)23-2)18-14(20)17-9-11(5-6-12(17)15-18)24(21,22)16-7-3-4-8-16/h5-6,9-10H,3-4,7-8H2,1-2H3/t10-/m0/s1. The first-order valence-electron chi connectivity index (χ1n) is 7.55. The van der Waals surface area contributed by atoms with Gasteiger partial charge in [-0.15, -0.1) is 5.10 Å². The minimum absolute atomic E-state index is 0.0317. The predicted octanol–water partition coefficient (Wildman–Crippen LogP) is 0.0145. The molecular weight excluding hydrogens is 336 g/mol. The number of aromatic nitrogens is 3. The zero-order valence-corrected chi connectivity index (χ0v) is 14.2. The third-order valence-corrected chi connectivity index (χ3v) is 6.01. The third-order valence-electron chi connectivity index (χ3n) is 4.12. The van der Waals surface area contributed by atoms with Crippen molar-refractivity contribution in [1.29, 1.82) is 0 Å². The molecule has 0 bridgehead atoms. The molecule has 0 N–H and O–H groups in total. The first-order valence-corrected chi connectivity index (χ1v) is 8.99. The lowest BCUT2D eigenvalue weighted by molar-refractivity contribution is -0.144. The number of hydrogen-bond acceptors (Lipinski definition) is 6. The van der Waals surface area contributed by atoms with E-state index in [0.717, 1.165) is 21.9 Å². The number of carbonyl (C=O) groups excluding carboxylic acids is 1. The lowest BCUT2D eigenvalue weighted by Gasteiger charge is -2.15. The van der Waals surface area contributed by atoms with Gasteiger partial charge in [-0.2, -0.15) is 8.99 Å². The van der Waals surface area contributed by atoms with Crippen molar-refractivity contribution in [2.24, 2.45) is 0 Å². The van der Waals surface area contributed by atoms with Gasteiger partial charge in [-0.05, 0) is 31.9 Å². The minimum Gasteiger partial charge on any atom is -0.467 e. The number of ether oxygens (including phenoxy) is 1. The molecule has 0 amide bonds. The van der Waals surface area contributed by atoms with Crippen LogP contribution in [0.4, 0.5) is 0 Å². The van der Waals surface area contributed by atoms with Crippen molar-refractivity contribution in [1.82, 2.24) is 18.5 Å². The molecule has 24 heavy (non-hydrogen) atoms. The molecule has 2 aromatic heterocycles. The van der Waals surface area contributed by atoms with E-state index in [1.54, 1.807) is 0 Å². The Hall–Kier alpha value is -2.20. The van der Waals surface area contributed by atoms with E-state index in [9.17, 15) is 18.0 Å². The molecule has 0 spiro atoms. The van der Waals surface area contributed by atoms with Gasteiger partial charge in [-0.1, -0.05) is 0 Å². The number of methoxy groups -OCH3 is 1. The first kappa shape index (κ1) is 16.7. The quantitative estimate of drug-likeness (QED) is 0.717. The van der Waals surface area contributed by atoms with Crippen molar-refractivity contribution in [3.05, 3.63) is 28.8 Å². The lowest BCUT2D eigenvalue weighted by Crippen LogP contribution is -2.30. The molecule has 2 aromatic rings. The summed E-state index contributed by atoms with van der Waals surface area (Å²) in [5.74, 6) is -0.606. The summed E-state index contributed by atoms with van der Waals surface area (Å²) in [6.45, 7) is 2.45. The molecule has 3 heterocycles. The lowest BCUT2D eigenvalue weighted by atomic mass is 10.3. The Balaban J connectivity index is 2.07. The van der Waals surface area contributed by atoms with Gasteiger partial charge in [0.25, 0.3) is 0 Å². The number of esters is 1. The molecular formula is C14H18N4O5S. The van der Waals surface area contributed by atoms with Crippen LogP contribution in [0.5, 0.6) is 0 Å². The van der Waals surface area contributed by atoms with Gasteiger partial charge in [0.2, 0.25) is 10.0 Å². The van der Waals surface area contributed by atoms with Crippen LogP contribution in [0, 0.1) is 0 Å².